The number of aromatic hydroxyl groups is 1. The molecule has 1 heterocycles. The van der Waals surface area contributed by atoms with Crippen molar-refractivity contribution in [1.29, 1.82) is 0 Å². The van der Waals surface area contributed by atoms with Gasteiger partial charge in [-0.2, -0.15) is 0 Å². The van der Waals surface area contributed by atoms with Gasteiger partial charge in [0.2, 0.25) is 0 Å². The first kappa shape index (κ1) is 13.1. The van der Waals surface area contributed by atoms with Crippen LogP contribution < -0.4 is 5.63 Å². The van der Waals surface area contributed by atoms with Crippen LogP contribution in [0.1, 0.15) is 19.4 Å². The molecule has 0 aliphatic heterocycles. The van der Waals surface area contributed by atoms with E-state index in [1.807, 2.05) is 0 Å². The number of carbonyl (C=O) groups is 1. The maximum atomic E-state index is 11.4. The first-order valence-corrected chi connectivity index (χ1v) is 5.90. The first-order chi connectivity index (χ1) is 8.97. The zero-order chi connectivity index (χ0) is 14.0. The van der Waals surface area contributed by atoms with E-state index in [2.05, 4.69) is 0 Å². The molecule has 0 amide bonds. The Labute approximate surface area is 109 Å². The summed E-state index contributed by atoms with van der Waals surface area (Å²) in [4.78, 5) is 22.8. The Bertz CT molecular complexity index is 669. The monoisotopic (exact) mass is 262 g/mol. The normalized spacial score (nSPS) is 10.9. The number of carbonyl (C=O) groups excluding carboxylic acids is 1. The maximum absolute atomic E-state index is 11.4. The van der Waals surface area contributed by atoms with Gasteiger partial charge in [-0.1, -0.05) is 13.8 Å². The second kappa shape index (κ2) is 5.14. The SMILES string of the molecule is CC(C)C(=O)OCc1cc(=O)oc2cc(O)ccc12. The maximum Gasteiger partial charge on any atom is 0.336 e. The lowest BCUT2D eigenvalue weighted by atomic mass is 10.1. The van der Waals surface area contributed by atoms with Crippen LogP contribution in [0.25, 0.3) is 11.0 Å². The van der Waals surface area contributed by atoms with Crippen LogP contribution in [0.15, 0.2) is 33.5 Å². The van der Waals surface area contributed by atoms with Gasteiger partial charge in [-0.25, -0.2) is 4.79 Å². The van der Waals surface area contributed by atoms with Crippen molar-refractivity contribution in [1.82, 2.24) is 0 Å². The predicted molar refractivity (Wildman–Crippen MR) is 68.8 cm³/mol. The second-order valence-electron chi connectivity index (χ2n) is 4.53. The van der Waals surface area contributed by atoms with E-state index >= 15 is 0 Å². The number of rotatable bonds is 3. The molecular formula is C14H14O5. The first-order valence-electron chi connectivity index (χ1n) is 5.90. The molecule has 1 N–H and O–H groups in total. The number of hydrogen-bond acceptors (Lipinski definition) is 5. The van der Waals surface area contributed by atoms with Crippen LogP contribution in [0.2, 0.25) is 0 Å². The lowest BCUT2D eigenvalue weighted by molar-refractivity contribution is -0.148. The number of phenolic OH excluding ortho intramolecular Hbond substituents is 1. The topological polar surface area (TPSA) is 76.7 Å². The number of esters is 1. The number of fused-ring (bicyclic) bond motifs is 1. The Morgan fingerprint density at radius 2 is 2.11 bits per heavy atom. The van der Waals surface area contributed by atoms with Crippen LogP contribution in [0.4, 0.5) is 0 Å². The summed E-state index contributed by atoms with van der Waals surface area (Å²) in [6.45, 7) is 3.47. The molecule has 0 spiro atoms. The fourth-order valence-corrected chi connectivity index (χ4v) is 1.65. The molecule has 1 aromatic heterocycles. The highest BCUT2D eigenvalue weighted by molar-refractivity contribution is 5.81. The van der Waals surface area contributed by atoms with Crippen LogP contribution in [0.5, 0.6) is 5.75 Å². The van der Waals surface area contributed by atoms with Crippen molar-refractivity contribution in [3.05, 3.63) is 40.2 Å². The molecule has 0 saturated carbocycles. The molecule has 0 aliphatic carbocycles. The summed E-state index contributed by atoms with van der Waals surface area (Å²) in [5, 5.41) is 9.99. The van der Waals surface area contributed by atoms with Crippen LogP contribution in [0, 0.1) is 5.92 Å². The molecule has 0 atom stereocenters. The average Bonchev–Trinajstić information content (AvgIpc) is 2.34. The molecule has 100 valence electrons. The molecule has 2 aromatic rings. The number of ether oxygens (including phenoxy) is 1. The molecule has 0 radical (unpaired) electrons. The molecule has 19 heavy (non-hydrogen) atoms. The van der Waals surface area contributed by atoms with Gasteiger partial charge in [-0.05, 0) is 12.1 Å². The van der Waals surface area contributed by atoms with E-state index in [9.17, 15) is 14.7 Å². The molecule has 0 aliphatic rings. The van der Waals surface area contributed by atoms with E-state index in [1.54, 1.807) is 19.9 Å². The van der Waals surface area contributed by atoms with Gasteiger partial charge in [0, 0.05) is 23.1 Å². The van der Waals surface area contributed by atoms with Crippen LogP contribution in [-0.2, 0) is 16.1 Å². The molecule has 2 rings (SSSR count). The van der Waals surface area contributed by atoms with E-state index in [4.69, 9.17) is 9.15 Å². The summed E-state index contributed by atoms with van der Waals surface area (Å²) in [6.07, 6.45) is 0. The van der Waals surface area contributed by atoms with Gasteiger partial charge in [0.15, 0.2) is 0 Å². The van der Waals surface area contributed by atoms with Crippen molar-refractivity contribution in [2.24, 2.45) is 5.92 Å². The van der Waals surface area contributed by atoms with Gasteiger partial charge >= 0.3 is 11.6 Å². The van der Waals surface area contributed by atoms with Gasteiger partial charge in [-0.3, -0.25) is 4.79 Å². The Hall–Kier alpha value is -2.30. The van der Waals surface area contributed by atoms with Crippen molar-refractivity contribution in [3.63, 3.8) is 0 Å². The summed E-state index contributed by atoms with van der Waals surface area (Å²) < 4.78 is 10.1. The Morgan fingerprint density at radius 1 is 1.37 bits per heavy atom. The molecule has 0 unspecified atom stereocenters. The summed E-state index contributed by atoms with van der Waals surface area (Å²) >= 11 is 0. The molecule has 1 aromatic carbocycles. The van der Waals surface area contributed by atoms with Gasteiger partial charge in [-0.15, -0.1) is 0 Å². The lowest BCUT2D eigenvalue weighted by Gasteiger charge is -2.08. The average molecular weight is 262 g/mol. The second-order valence-corrected chi connectivity index (χ2v) is 4.53. The zero-order valence-corrected chi connectivity index (χ0v) is 10.7. The van der Waals surface area contributed by atoms with Crippen molar-refractivity contribution < 1.29 is 19.1 Å². The molecule has 0 saturated heterocycles. The molecular weight excluding hydrogens is 248 g/mol. The predicted octanol–water partition coefficient (Wildman–Crippen LogP) is 2.20. The van der Waals surface area contributed by atoms with Crippen LogP contribution >= 0.6 is 0 Å². The zero-order valence-electron chi connectivity index (χ0n) is 10.7. The minimum absolute atomic E-state index is 0.00386. The Kier molecular flexibility index (Phi) is 3.55. The third-order valence-corrected chi connectivity index (χ3v) is 2.66. The van der Waals surface area contributed by atoms with E-state index < -0.39 is 5.63 Å². The minimum Gasteiger partial charge on any atom is -0.508 e. The van der Waals surface area contributed by atoms with Gasteiger partial charge in [0.25, 0.3) is 0 Å². The Balaban J connectivity index is 2.37. The van der Waals surface area contributed by atoms with Crippen molar-refractivity contribution in [2.75, 3.05) is 0 Å². The van der Waals surface area contributed by atoms with Crippen molar-refractivity contribution >= 4 is 16.9 Å². The van der Waals surface area contributed by atoms with Gasteiger partial charge in [0.1, 0.15) is 17.9 Å². The summed E-state index contributed by atoms with van der Waals surface area (Å²) in [5.74, 6) is -0.553. The summed E-state index contributed by atoms with van der Waals surface area (Å²) in [6, 6.07) is 5.74. The molecule has 0 fully saturated rings. The highest BCUT2D eigenvalue weighted by Gasteiger charge is 2.11. The Morgan fingerprint density at radius 3 is 2.79 bits per heavy atom. The van der Waals surface area contributed by atoms with Gasteiger partial charge < -0.3 is 14.3 Å². The lowest BCUT2D eigenvalue weighted by Crippen LogP contribution is -2.12. The van der Waals surface area contributed by atoms with E-state index in [1.165, 1.54) is 18.2 Å². The fourth-order valence-electron chi connectivity index (χ4n) is 1.65. The minimum atomic E-state index is -0.548. The van der Waals surface area contributed by atoms with Crippen molar-refractivity contribution in [2.45, 2.75) is 20.5 Å². The highest BCUT2D eigenvalue weighted by Crippen LogP contribution is 2.22. The number of benzene rings is 1. The largest absolute Gasteiger partial charge is 0.508 e. The highest BCUT2D eigenvalue weighted by atomic mass is 16.5. The molecule has 5 nitrogen and oxygen atoms in total. The van der Waals surface area contributed by atoms with E-state index in [-0.39, 0.29) is 29.8 Å². The van der Waals surface area contributed by atoms with E-state index in [0.717, 1.165) is 0 Å². The third kappa shape index (κ3) is 2.93. The summed E-state index contributed by atoms with van der Waals surface area (Å²) in [7, 11) is 0. The number of hydrogen-bond donors (Lipinski definition) is 1. The fraction of sp³-hybridized carbons (Fsp3) is 0.286. The molecule has 5 heteroatoms. The smallest absolute Gasteiger partial charge is 0.336 e. The van der Waals surface area contributed by atoms with Gasteiger partial charge in [0.05, 0.1) is 5.92 Å². The van der Waals surface area contributed by atoms with Crippen molar-refractivity contribution in [3.8, 4) is 5.75 Å². The third-order valence-electron chi connectivity index (χ3n) is 2.66. The standard InChI is InChI=1S/C14H14O5/c1-8(2)14(17)18-7-9-5-13(16)19-12-6-10(15)3-4-11(9)12/h3-6,8,15H,7H2,1-2H3. The number of phenols is 1. The van der Waals surface area contributed by atoms with Crippen LogP contribution in [0.3, 0.4) is 0 Å². The summed E-state index contributed by atoms with van der Waals surface area (Å²) in [5.41, 5.74) is 0.275. The van der Waals surface area contributed by atoms with E-state index in [0.29, 0.717) is 10.9 Å². The quantitative estimate of drug-likeness (QED) is 0.677. The molecule has 0 bridgehead atoms. The van der Waals surface area contributed by atoms with Crippen LogP contribution in [-0.4, -0.2) is 11.1 Å².